The summed E-state index contributed by atoms with van der Waals surface area (Å²) in [6.45, 7) is 5.99. The fraction of sp³-hybridized carbons (Fsp3) is 0.548. The number of thiophene rings is 1. The molecule has 17 heteroatoms. The summed E-state index contributed by atoms with van der Waals surface area (Å²) in [5, 5.41) is 5.91. The van der Waals surface area contributed by atoms with Crippen LogP contribution in [-0.2, 0) is 35.8 Å². The molecule has 0 spiro atoms. The smallest absolute Gasteiger partial charge is 0.262 e. The van der Waals surface area contributed by atoms with E-state index in [1.54, 1.807) is 26.4 Å². The Morgan fingerprint density at radius 1 is 1.07 bits per heavy atom. The van der Waals surface area contributed by atoms with Gasteiger partial charge in [0, 0.05) is 41.3 Å². The number of amides is 4. The lowest BCUT2D eigenvalue weighted by Gasteiger charge is -2.30. The third-order valence-corrected chi connectivity index (χ3v) is 14.2. The molecule has 15 nitrogen and oxygen atoms in total. The molecule has 4 heterocycles. The van der Waals surface area contributed by atoms with Crippen molar-refractivity contribution in [1.82, 2.24) is 25.2 Å². The lowest BCUT2D eigenvalue weighted by atomic mass is 10.0. The van der Waals surface area contributed by atoms with Crippen LogP contribution >= 0.6 is 11.3 Å². The quantitative estimate of drug-likeness (QED) is 0.214. The first-order valence-electron chi connectivity index (χ1n) is 20.3. The van der Waals surface area contributed by atoms with Gasteiger partial charge in [0.05, 0.1) is 42.0 Å². The maximum atomic E-state index is 14.8. The summed E-state index contributed by atoms with van der Waals surface area (Å²) < 4.78 is 51.6. The van der Waals surface area contributed by atoms with Crippen LogP contribution in [0.25, 0.3) is 10.9 Å². The monoisotopic (exact) mass is 851 g/mol. The molecule has 4 amide bonds. The molecule has 2 aliphatic carbocycles. The lowest BCUT2D eigenvalue weighted by molar-refractivity contribution is -0.141. The van der Waals surface area contributed by atoms with E-state index in [9.17, 15) is 27.6 Å². The Morgan fingerprint density at radius 3 is 2.59 bits per heavy atom. The number of aryl methyl sites for hydroxylation is 1. The molecule has 3 aromatic rings. The van der Waals surface area contributed by atoms with Crippen molar-refractivity contribution < 1.29 is 46.5 Å². The van der Waals surface area contributed by atoms with Crippen molar-refractivity contribution >= 4 is 55.9 Å². The predicted octanol–water partition coefficient (Wildman–Crippen LogP) is 4.70. The van der Waals surface area contributed by atoms with Crippen LogP contribution in [0.4, 0.5) is 0 Å². The van der Waals surface area contributed by atoms with E-state index < -0.39 is 68.5 Å². The van der Waals surface area contributed by atoms with Crippen LogP contribution in [0.2, 0.25) is 0 Å². The number of nitrogens with one attached hydrogen (secondary N) is 3. The molecule has 0 bridgehead atoms. The van der Waals surface area contributed by atoms with E-state index >= 15 is 0 Å². The first kappa shape index (κ1) is 42.4. The molecule has 7 rings (SSSR count). The Bertz CT molecular complexity index is 2240. The van der Waals surface area contributed by atoms with Crippen LogP contribution in [0.5, 0.6) is 17.4 Å². The average Bonchev–Trinajstić information content (AvgIpc) is 4.07. The van der Waals surface area contributed by atoms with Gasteiger partial charge in [0.1, 0.15) is 35.2 Å². The van der Waals surface area contributed by atoms with Crippen LogP contribution in [0.1, 0.15) is 91.7 Å². The number of allylic oxidation sites excluding steroid dienone is 1. The Balaban J connectivity index is 1.22. The number of methoxy groups -OCH3 is 2. The summed E-state index contributed by atoms with van der Waals surface area (Å²) in [6, 6.07) is 6.75. The molecule has 318 valence electrons. The fourth-order valence-corrected chi connectivity index (χ4v) is 10.2. The highest BCUT2D eigenvalue weighted by molar-refractivity contribution is 7.91. The number of benzene rings is 1. The third-order valence-electron chi connectivity index (χ3n) is 11.3. The van der Waals surface area contributed by atoms with Gasteiger partial charge in [-0.3, -0.25) is 23.9 Å². The van der Waals surface area contributed by atoms with Crippen LogP contribution in [0, 0.1) is 12.8 Å². The first-order chi connectivity index (χ1) is 28.2. The molecule has 5 atom stereocenters. The number of nitrogens with zero attached hydrogens (tertiary/aromatic N) is 2. The fourth-order valence-electron chi connectivity index (χ4n) is 7.95. The Kier molecular flexibility index (Phi) is 12.5. The van der Waals surface area contributed by atoms with Gasteiger partial charge in [-0.05, 0) is 83.6 Å². The molecular weight excluding hydrogens is 799 g/mol. The molecule has 2 saturated carbocycles. The van der Waals surface area contributed by atoms with Crippen molar-refractivity contribution in [3.05, 3.63) is 57.8 Å². The molecule has 1 aromatic carbocycles. The summed E-state index contributed by atoms with van der Waals surface area (Å²) in [5.41, 5.74) is -0.139. The predicted molar refractivity (Wildman–Crippen MR) is 221 cm³/mol. The van der Waals surface area contributed by atoms with Crippen LogP contribution < -0.4 is 29.6 Å². The Hall–Kier alpha value is -4.74. The number of hydrogen-bond acceptors (Lipinski definition) is 12. The molecular formula is C42H53N5O10S2. The summed E-state index contributed by atoms with van der Waals surface area (Å²) in [5.74, 6) is -1.33. The summed E-state index contributed by atoms with van der Waals surface area (Å²) in [7, 11) is -0.755. The zero-order chi connectivity index (χ0) is 42.1. The van der Waals surface area contributed by atoms with Crippen molar-refractivity contribution in [3.8, 4) is 17.4 Å². The van der Waals surface area contributed by atoms with E-state index in [0.29, 0.717) is 71.9 Å². The molecule has 2 aromatic heterocycles. The van der Waals surface area contributed by atoms with E-state index in [1.807, 2.05) is 51.1 Å². The zero-order valence-electron chi connectivity index (χ0n) is 34.1. The van der Waals surface area contributed by atoms with E-state index in [2.05, 4.69) is 15.4 Å². The number of sulfonamides is 1. The maximum Gasteiger partial charge on any atom is 0.262 e. The number of fused-ring (bicyclic) bond motifs is 3. The lowest BCUT2D eigenvalue weighted by Crippen LogP contribution is -2.58. The van der Waals surface area contributed by atoms with Gasteiger partial charge in [0.15, 0.2) is 0 Å². The minimum atomic E-state index is -3.91. The average molecular weight is 852 g/mol. The standard InChI is InChI=1S/C42H53N5O10S2/c1-24(2)56-36-20-34(30-16-17-33(55-5)25(3)37(30)44-36)57-27-19-32-38(48)45-42(41(51)46-59(52,53)29-14-15-29)21-26(42)11-9-7-6-8-10-12-31(40(50)47(32)22-27)43-39(49)35-18-13-28(58-35)23-54-4/h9,11,13,16-18,20,24,26-27,29,31-32H,6-8,10,12,14-15,19,21-23H2,1-5H3,(H,43,49)(H,45,48)(H,46,51)/b11-9-. The molecule has 3 fully saturated rings. The molecule has 2 aliphatic heterocycles. The summed E-state index contributed by atoms with van der Waals surface area (Å²) in [6.07, 6.45) is 7.33. The van der Waals surface area contributed by atoms with Crippen LogP contribution in [-0.4, -0.2) is 97.8 Å². The normalized spacial score (nSPS) is 25.6. The zero-order valence-corrected chi connectivity index (χ0v) is 35.7. The van der Waals surface area contributed by atoms with Crippen LogP contribution in [0.15, 0.2) is 42.5 Å². The highest BCUT2D eigenvalue weighted by atomic mass is 32.2. The van der Waals surface area contributed by atoms with Crippen molar-refractivity contribution in [2.24, 2.45) is 5.92 Å². The van der Waals surface area contributed by atoms with Gasteiger partial charge in [0.2, 0.25) is 27.7 Å². The van der Waals surface area contributed by atoms with E-state index in [0.717, 1.165) is 23.3 Å². The Morgan fingerprint density at radius 2 is 1.86 bits per heavy atom. The molecule has 4 aliphatic rings. The molecule has 3 N–H and O–H groups in total. The number of pyridine rings is 1. The van der Waals surface area contributed by atoms with Gasteiger partial charge in [0.25, 0.3) is 11.8 Å². The van der Waals surface area contributed by atoms with Gasteiger partial charge in [-0.25, -0.2) is 13.4 Å². The third kappa shape index (κ3) is 9.36. The number of rotatable bonds is 12. The topological polar surface area (TPSA) is 192 Å². The van der Waals surface area contributed by atoms with Crippen molar-refractivity contribution in [2.75, 3.05) is 20.8 Å². The molecule has 0 radical (unpaired) electrons. The number of hydrogen-bond donors (Lipinski definition) is 3. The SMILES string of the molecule is COCc1ccc(C(=O)NC2CCCCC/C=C\C3CC3(C(=O)NS(=O)(=O)C3CC3)NC(=O)C3CC(Oc4cc(OC(C)C)nc5c(C)c(OC)ccc45)CN3C2=O)s1. The summed E-state index contributed by atoms with van der Waals surface area (Å²) in [4.78, 5) is 64.4. The van der Waals surface area contributed by atoms with Gasteiger partial charge < -0.3 is 34.5 Å². The van der Waals surface area contributed by atoms with Gasteiger partial charge in [-0.1, -0.05) is 25.0 Å². The first-order valence-corrected chi connectivity index (χ1v) is 22.6. The second-order valence-electron chi connectivity index (χ2n) is 16.1. The van der Waals surface area contributed by atoms with E-state index in [1.165, 1.54) is 16.2 Å². The second kappa shape index (κ2) is 17.5. The number of aromatic nitrogens is 1. The second-order valence-corrected chi connectivity index (χ2v) is 19.3. The number of carbonyl (C=O) groups excluding carboxylic acids is 4. The maximum absolute atomic E-state index is 14.8. The van der Waals surface area contributed by atoms with Gasteiger partial charge in [-0.2, -0.15) is 0 Å². The van der Waals surface area contributed by atoms with Crippen molar-refractivity contribution in [2.45, 2.75) is 120 Å². The van der Waals surface area contributed by atoms with E-state index in [4.69, 9.17) is 23.9 Å². The minimum Gasteiger partial charge on any atom is -0.496 e. The molecule has 5 unspecified atom stereocenters. The summed E-state index contributed by atoms with van der Waals surface area (Å²) >= 11 is 1.27. The van der Waals surface area contributed by atoms with E-state index in [-0.39, 0.29) is 25.5 Å². The molecule has 59 heavy (non-hydrogen) atoms. The molecule has 1 saturated heterocycles. The van der Waals surface area contributed by atoms with Gasteiger partial charge in [-0.15, -0.1) is 11.3 Å². The van der Waals surface area contributed by atoms with Gasteiger partial charge >= 0.3 is 0 Å². The van der Waals surface area contributed by atoms with Crippen LogP contribution in [0.3, 0.4) is 0 Å². The number of carbonyl (C=O) groups is 4. The largest absolute Gasteiger partial charge is 0.496 e. The van der Waals surface area contributed by atoms with Crippen molar-refractivity contribution in [3.63, 3.8) is 0 Å². The highest BCUT2D eigenvalue weighted by Crippen LogP contribution is 2.46. The Labute approximate surface area is 348 Å². The highest BCUT2D eigenvalue weighted by Gasteiger charge is 2.62. The number of ether oxygens (including phenoxy) is 4. The minimum absolute atomic E-state index is 0.0157. The van der Waals surface area contributed by atoms with Crippen molar-refractivity contribution in [1.29, 1.82) is 0 Å².